The maximum Gasteiger partial charge on any atom is 0.254 e. The van der Waals surface area contributed by atoms with Crippen LogP contribution in [-0.4, -0.2) is 16.0 Å². The van der Waals surface area contributed by atoms with Crippen LogP contribution in [0.4, 0.5) is 0 Å². The number of aromatic nitrogens is 1. The van der Waals surface area contributed by atoms with E-state index in [1.807, 2.05) is 30.5 Å². The van der Waals surface area contributed by atoms with Crippen LogP contribution in [0.15, 0.2) is 30.5 Å². The fourth-order valence-electron chi connectivity index (χ4n) is 2.52. The third kappa shape index (κ3) is 3.48. The molecule has 22 heavy (non-hydrogen) atoms. The Labute approximate surface area is 131 Å². The fraction of sp³-hybridized carbons (Fsp3) is 0.444. The zero-order valence-corrected chi connectivity index (χ0v) is 13.5. The van der Waals surface area contributed by atoms with Gasteiger partial charge in [0, 0.05) is 23.6 Å². The van der Waals surface area contributed by atoms with Gasteiger partial charge >= 0.3 is 0 Å². The van der Waals surface area contributed by atoms with Crippen molar-refractivity contribution < 1.29 is 4.79 Å². The molecule has 0 saturated carbocycles. The van der Waals surface area contributed by atoms with E-state index in [1.165, 1.54) is 12.8 Å². The number of aryl methyl sites for hydroxylation is 1. The van der Waals surface area contributed by atoms with Gasteiger partial charge < -0.3 is 9.88 Å². The summed E-state index contributed by atoms with van der Waals surface area (Å²) in [6.07, 6.45) is 5.35. The van der Waals surface area contributed by atoms with Gasteiger partial charge in [0.1, 0.15) is 5.54 Å². The van der Waals surface area contributed by atoms with E-state index < -0.39 is 5.54 Å². The Morgan fingerprint density at radius 2 is 2.05 bits per heavy atom. The third-order valence-electron chi connectivity index (χ3n) is 3.74. The summed E-state index contributed by atoms with van der Waals surface area (Å²) >= 11 is 0. The molecule has 1 aromatic carbocycles. The van der Waals surface area contributed by atoms with E-state index in [-0.39, 0.29) is 5.91 Å². The average molecular weight is 297 g/mol. The minimum atomic E-state index is -0.873. The molecule has 1 heterocycles. The number of benzene rings is 1. The molecule has 2 rings (SSSR count). The van der Waals surface area contributed by atoms with Crippen LogP contribution < -0.4 is 5.32 Å². The van der Waals surface area contributed by atoms with Crippen LogP contribution in [0.3, 0.4) is 0 Å². The highest BCUT2D eigenvalue weighted by Crippen LogP contribution is 2.22. The lowest BCUT2D eigenvalue weighted by atomic mass is 10.1. The third-order valence-corrected chi connectivity index (χ3v) is 3.74. The van der Waals surface area contributed by atoms with Crippen molar-refractivity contribution in [3.8, 4) is 6.07 Å². The molecule has 0 aliphatic carbocycles. The highest BCUT2D eigenvalue weighted by atomic mass is 16.1. The summed E-state index contributed by atoms with van der Waals surface area (Å²) in [7, 11) is 0. The summed E-state index contributed by atoms with van der Waals surface area (Å²) in [5.74, 6) is -0.197. The van der Waals surface area contributed by atoms with Crippen molar-refractivity contribution in [1.29, 1.82) is 5.26 Å². The standard InChI is InChI=1S/C18H23N3O/c1-4-5-8-11-21-12-15(14-9-6-7-10-16(14)21)17(22)20-18(2,3)13-19/h6-7,9-10,12H,4-5,8,11H2,1-3H3,(H,20,22). The number of hydrogen-bond donors (Lipinski definition) is 1. The van der Waals surface area contributed by atoms with E-state index in [9.17, 15) is 4.79 Å². The van der Waals surface area contributed by atoms with Crippen molar-refractivity contribution in [1.82, 2.24) is 9.88 Å². The predicted octanol–water partition coefficient (Wildman–Crippen LogP) is 3.86. The average Bonchev–Trinajstić information content (AvgIpc) is 2.86. The van der Waals surface area contributed by atoms with Crippen molar-refractivity contribution in [2.75, 3.05) is 0 Å². The number of hydrogen-bond acceptors (Lipinski definition) is 2. The van der Waals surface area contributed by atoms with Gasteiger partial charge in [-0.05, 0) is 26.3 Å². The SMILES string of the molecule is CCCCCn1cc(C(=O)NC(C)(C)C#N)c2ccccc21. The van der Waals surface area contributed by atoms with E-state index in [0.717, 1.165) is 23.9 Å². The van der Waals surface area contributed by atoms with Crippen LogP contribution in [0, 0.1) is 11.3 Å². The Morgan fingerprint density at radius 3 is 2.73 bits per heavy atom. The van der Waals surface area contributed by atoms with Gasteiger partial charge in [-0.3, -0.25) is 4.79 Å². The molecule has 0 radical (unpaired) electrons. The van der Waals surface area contributed by atoms with Gasteiger partial charge in [-0.25, -0.2) is 0 Å². The summed E-state index contributed by atoms with van der Waals surface area (Å²) in [5.41, 5.74) is 0.830. The minimum Gasteiger partial charge on any atom is -0.347 e. The predicted molar refractivity (Wildman–Crippen MR) is 88.6 cm³/mol. The lowest BCUT2D eigenvalue weighted by molar-refractivity contribution is 0.0930. The molecule has 0 spiro atoms. The van der Waals surface area contributed by atoms with Gasteiger partial charge in [-0.15, -0.1) is 0 Å². The van der Waals surface area contributed by atoms with Gasteiger partial charge in [0.05, 0.1) is 11.6 Å². The van der Waals surface area contributed by atoms with Crippen LogP contribution in [-0.2, 0) is 6.54 Å². The first-order chi connectivity index (χ1) is 10.5. The quantitative estimate of drug-likeness (QED) is 0.823. The first kappa shape index (κ1) is 16.1. The highest BCUT2D eigenvalue weighted by Gasteiger charge is 2.22. The summed E-state index contributed by atoms with van der Waals surface area (Å²) in [4.78, 5) is 12.5. The zero-order chi connectivity index (χ0) is 16.2. The van der Waals surface area contributed by atoms with Crippen LogP contribution in [0.2, 0.25) is 0 Å². The number of amides is 1. The van der Waals surface area contributed by atoms with Crippen LogP contribution in [0.1, 0.15) is 50.4 Å². The minimum absolute atomic E-state index is 0.197. The summed E-state index contributed by atoms with van der Waals surface area (Å²) in [6, 6.07) is 10.0. The lowest BCUT2D eigenvalue weighted by Crippen LogP contribution is -2.42. The number of carbonyl (C=O) groups is 1. The normalized spacial score (nSPS) is 11.4. The molecule has 0 atom stereocenters. The van der Waals surface area contributed by atoms with Crippen molar-refractivity contribution in [2.24, 2.45) is 0 Å². The number of carbonyl (C=O) groups excluding carboxylic acids is 1. The van der Waals surface area contributed by atoms with Gasteiger partial charge in [0.2, 0.25) is 0 Å². The summed E-state index contributed by atoms with van der Waals surface area (Å²) in [6.45, 7) is 6.48. The number of nitriles is 1. The Balaban J connectivity index is 2.34. The van der Waals surface area contributed by atoms with Crippen molar-refractivity contribution in [3.63, 3.8) is 0 Å². The Hall–Kier alpha value is -2.28. The Morgan fingerprint density at radius 1 is 1.32 bits per heavy atom. The van der Waals surface area contributed by atoms with Crippen LogP contribution >= 0.6 is 0 Å². The van der Waals surface area contributed by atoms with Gasteiger partial charge in [-0.2, -0.15) is 5.26 Å². The molecule has 1 N–H and O–H groups in total. The number of nitrogens with zero attached hydrogens (tertiary/aromatic N) is 2. The number of unbranched alkanes of at least 4 members (excludes halogenated alkanes) is 2. The van der Waals surface area contributed by atoms with Crippen molar-refractivity contribution in [2.45, 2.75) is 52.1 Å². The first-order valence-corrected chi connectivity index (χ1v) is 7.80. The highest BCUT2D eigenvalue weighted by molar-refractivity contribution is 6.07. The largest absolute Gasteiger partial charge is 0.347 e. The maximum atomic E-state index is 12.5. The van der Waals surface area contributed by atoms with E-state index in [1.54, 1.807) is 13.8 Å². The molecular formula is C18H23N3O. The number of para-hydroxylation sites is 1. The monoisotopic (exact) mass is 297 g/mol. The van der Waals surface area contributed by atoms with E-state index >= 15 is 0 Å². The molecule has 1 amide bonds. The second-order valence-corrected chi connectivity index (χ2v) is 6.15. The lowest BCUT2D eigenvalue weighted by Gasteiger charge is -2.16. The van der Waals surface area contributed by atoms with Gasteiger partial charge in [-0.1, -0.05) is 38.0 Å². The molecule has 2 aromatic rings. The molecular weight excluding hydrogens is 274 g/mol. The number of nitrogens with one attached hydrogen (secondary N) is 1. The van der Waals surface area contributed by atoms with Crippen LogP contribution in [0.25, 0.3) is 10.9 Å². The maximum absolute atomic E-state index is 12.5. The second-order valence-electron chi connectivity index (χ2n) is 6.15. The van der Waals surface area contributed by atoms with Gasteiger partial charge in [0.15, 0.2) is 0 Å². The molecule has 0 fully saturated rings. The molecule has 116 valence electrons. The van der Waals surface area contributed by atoms with E-state index in [0.29, 0.717) is 5.56 Å². The van der Waals surface area contributed by atoms with Crippen molar-refractivity contribution in [3.05, 3.63) is 36.0 Å². The molecule has 0 bridgehead atoms. The molecule has 4 heteroatoms. The second kappa shape index (κ2) is 6.65. The molecule has 0 saturated heterocycles. The Bertz CT molecular complexity index is 707. The van der Waals surface area contributed by atoms with E-state index in [2.05, 4.69) is 22.9 Å². The van der Waals surface area contributed by atoms with Crippen molar-refractivity contribution >= 4 is 16.8 Å². The van der Waals surface area contributed by atoms with Gasteiger partial charge in [0.25, 0.3) is 5.91 Å². The topological polar surface area (TPSA) is 57.8 Å². The summed E-state index contributed by atoms with van der Waals surface area (Å²) in [5, 5.41) is 12.8. The molecule has 0 unspecified atom stereocenters. The molecule has 0 aliphatic heterocycles. The molecule has 4 nitrogen and oxygen atoms in total. The first-order valence-electron chi connectivity index (χ1n) is 7.80. The number of rotatable bonds is 6. The molecule has 1 aromatic heterocycles. The zero-order valence-electron chi connectivity index (χ0n) is 13.5. The smallest absolute Gasteiger partial charge is 0.254 e. The Kier molecular flexibility index (Phi) is 4.87. The van der Waals surface area contributed by atoms with E-state index in [4.69, 9.17) is 5.26 Å². The molecule has 0 aliphatic rings. The number of fused-ring (bicyclic) bond motifs is 1. The van der Waals surface area contributed by atoms with Crippen LogP contribution in [0.5, 0.6) is 0 Å². The fourth-order valence-corrected chi connectivity index (χ4v) is 2.52. The summed E-state index contributed by atoms with van der Waals surface area (Å²) < 4.78 is 2.14.